The minimum Gasteiger partial charge on any atom is -0.305 e. The number of aryl methyl sites for hydroxylation is 2. The number of benzene rings is 2. The van der Waals surface area contributed by atoms with E-state index in [2.05, 4.69) is 15.3 Å². The van der Waals surface area contributed by atoms with Crippen LogP contribution in [-0.2, 0) is 13.0 Å². The van der Waals surface area contributed by atoms with Crippen molar-refractivity contribution in [3.8, 4) is 0 Å². The molecule has 9 heteroatoms. The summed E-state index contributed by atoms with van der Waals surface area (Å²) in [5, 5.41) is 4.34. The first-order valence-electron chi connectivity index (χ1n) is 9.57. The predicted octanol–water partition coefficient (Wildman–Crippen LogP) is 5.33. The van der Waals surface area contributed by atoms with E-state index in [-0.39, 0.29) is 11.5 Å². The van der Waals surface area contributed by atoms with Crippen LogP contribution in [0.5, 0.6) is 0 Å². The van der Waals surface area contributed by atoms with Crippen LogP contribution in [0.25, 0.3) is 11.0 Å². The van der Waals surface area contributed by atoms with Gasteiger partial charge in [-0.15, -0.1) is 11.3 Å². The fourth-order valence-electron chi connectivity index (χ4n) is 3.32. The molecular formula is C22H18Cl2N4O2S. The average Bonchev–Trinajstić information content (AvgIpc) is 3.19. The summed E-state index contributed by atoms with van der Waals surface area (Å²) in [5.74, 6) is -0.294. The lowest BCUT2D eigenvalue weighted by Gasteiger charge is -2.10. The Balaban J connectivity index is 1.55. The highest BCUT2D eigenvalue weighted by molar-refractivity contribution is 7.15. The van der Waals surface area contributed by atoms with E-state index in [9.17, 15) is 9.59 Å². The summed E-state index contributed by atoms with van der Waals surface area (Å²) in [5.41, 5.74) is 2.91. The van der Waals surface area contributed by atoms with E-state index < -0.39 is 0 Å². The van der Waals surface area contributed by atoms with Crippen LogP contribution in [0.3, 0.4) is 0 Å². The highest BCUT2D eigenvalue weighted by atomic mass is 35.5. The number of anilines is 1. The van der Waals surface area contributed by atoms with Crippen LogP contribution >= 0.6 is 34.5 Å². The third kappa shape index (κ3) is 4.35. The van der Waals surface area contributed by atoms with Gasteiger partial charge < -0.3 is 4.57 Å². The smallest absolute Gasteiger partial charge is 0.272 e. The van der Waals surface area contributed by atoms with Crippen LogP contribution in [-0.4, -0.2) is 20.4 Å². The number of thiazole rings is 1. The van der Waals surface area contributed by atoms with Crippen molar-refractivity contribution < 1.29 is 4.79 Å². The molecular weight excluding hydrogens is 455 g/mol. The SMILES string of the molecule is CCn1c(=O)c(C)nc2cc(C(=O)Nc3ncc(Cc4cccc(Cl)c4Cl)s3)ccc21. The number of rotatable bonds is 5. The van der Waals surface area contributed by atoms with E-state index in [1.165, 1.54) is 11.3 Å². The minimum absolute atomic E-state index is 0.123. The molecule has 0 saturated carbocycles. The Hall–Kier alpha value is -2.74. The molecule has 0 radical (unpaired) electrons. The molecule has 0 unspecified atom stereocenters. The molecule has 4 rings (SSSR count). The Morgan fingerprint density at radius 3 is 2.81 bits per heavy atom. The standard InChI is InChI=1S/C22H18Cl2N4O2S/c1-3-28-18-8-7-14(10-17(18)26-12(2)21(28)30)20(29)27-22-25-11-15(31-22)9-13-5-4-6-16(23)19(13)24/h4-8,10-11H,3,9H2,1-2H3,(H,25,27,29). The third-order valence-corrected chi connectivity index (χ3v) is 6.63. The van der Waals surface area contributed by atoms with E-state index in [1.54, 1.807) is 42.0 Å². The number of carbonyl (C=O) groups excluding carboxylic acids is 1. The van der Waals surface area contributed by atoms with E-state index in [0.717, 1.165) is 10.4 Å². The summed E-state index contributed by atoms with van der Waals surface area (Å²) in [4.78, 5) is 34.6. The number of hydrogen-bond acceptors (Lipinski definition) is 5. The van der Waals surface area contributed by atoms with Crippen LogP contribution in [0, 0.1) is 6.92 Å². The van der Waals surface area contributed by atoms with Crippen molar-refractivity contribution in [2.45, 2.75) is 26.8 Å². The molecule has 0 aliphatic rings. The van der Waals surface area contributed by atoms with Gasteiger partial charge in [-0.3, -0.25) is 14.9 Å². The van der Waals surface area contributed by atoms with Crippen molar-refractivity contribution in [2.24, 2.45) is 0 Å². The van der Waals surface area contributed by atoms with Crippen LogP contribution in [0.1, 0.15) is 33.4 Å². The number of nitrogens with zero attached hydrogens (tertiary/aromatic N) is 3. The number of nitrogens with one attached hydrogen (secondary N) is 1. The Morgan fingerprint density at radius 2 is 2.03 bits per heavy atom. The zero-order chi connectivity index (χ0) is 22.1. The summed E-state index contributed by atoms with van der Waals surface area (Å²) in [6.07, 6.45) is 2.28. The monoisotopic (exact) mass is 472 g/mol. The molecule has 1 N–H and O–H groups in total. The van der Waals surface area contributed by atoms with Gasteiger partial charge >= 0.3 is 0 Å². The molecule has 2 heterocycles. The maximum absolute atomic E-state index is 12.8. The summed E-state index contributed by atoms with van der Waals surface area (Å²) in [7, 11) is 0. The Morgan fingerprint density at radius 1 is 1.23 bits per heavy atom. The van der Waals surface area contributed by atoms with Gasteiger partial charge in [-0.25, -0.2) is 9.97 Å². The summed E-state index contributed by atoms with van der Waals surface area (Å²) in [6.45, 7) is 4.10. The van der Waals surface area contributed by atoms with Gasteiger partial charge in [0.2, 0.25) is 0 Å². The zero-order valence-electron chi connectivity index (χ0n) is 16.8. The number of aromatic nitrogens is 3. The van der Waals surface area contributed by atoms with Gasteiger partial charge in [-0.1, -0.05) is 35.3 Å². The normalized spacial score (nSPS) is 11.1. The molecule has 0 aliphatic carbocycles. The van der Waals surface area contributed by atoms with Crippen molar-refractivity contribution in [3.63, 3.8) is 0 Å². The molecule has 1 amide bonds. The van der Waals surface area contributed by atoms with E-state index in [0.29, 0.717) is 50.4 Å². The molecule has 0 atom stereocenters. The quantitative estimate of drug-likeness (QED) is 0.425. The van der Waals surface area contributed by atoms with Gasteiger partial charge in [0.15, 0.2) is 5.13 Å². The molecule has 31 heavy (non-hydrogen) atoms. The second-order valence-electron chi connectivity index (χ2n) is 6.93. The van der Waals surface area contributed by atoms with Crippen LogP contribution < -0.4 is 10.9 Å². The van der Waals surface area contributed by atoms with Crippen molar-refractivity contribution in [1.82, 2.24) is 14.5 Å². The van der Waals surface area contributed by atoms with Crippen molar-refractivity contribution in [1.29, 1.82) is 0 Å². The van der Waals surface area contributed by atoms with Gasteiger partial charge in [0.25, 0.3) is 11.5 Å². The Labute approximate surface area is 192 Å². The van der Waals surface area contributed by atoms with Crippen LogP contribution in [0.15, 0.2) is 47.4 Å². The summed E-state index contributed by atoms with van der Waals surface area (Å²) >= 11 is 13.7. The fraction of sp³-hybridized carbons (Fsp3) is 0.182. The van der Waals surface area contributed by atoms with Crippen molar-refractivity contribution in [2.75, 3.05) is 5.32 Å². The largest absolute Gasteiger partial charge is 0.305 e. The van der Waals surface area contributed by atoms with Gasteiger partial charge in [-0.05, 0) is 43.7 Å². The molecule has 0 fully saturated rings. The van der Waals surface area contributed by atoms with Crippen LogP contribution in [0.4, 0.5) is 5.13 Å². The lowest BCUT2D eigenvalue weighted by atomic mass is 10.1. The third-order valence-electron chi connectivity index (χ3n) is 4.86. The molecule has 0 saturated heterocycles. The maximum atomic E-state index is 12.8. The topological polar surface area (TPSA) is 76.9 Å². The van der Waals surface area contributed by atoms with E-state index >= 15 is 0 Å². The number of halogens is 2. The minimum atomic E-state index is -0.294. The predicted molar refractivity (Wildman–Crippen MR) is 126 cm³/mol. The Bertz CT molecular complexity index is 1360. The number of amides is 1. The Kier molecular flexibility index (Phi) is 6.09. The molecule has 0 aliphatic heterocycles. The second-order valence-corrected chi connectivity index (χ2v) is 8.83. The molecule has 0 bridgehead atoms. The fourth-order valence-corrected chi connectivity index (χ4v) is 4.54. The highest BCUT2D eigenvalue weighted by Gasteiger charge is 2.14. The number of hydrogen-bond donors (Lipinski definition) is 1. The number of carbonyl (C=O) groups is 1. The lowest BCUT2D eigenvalue weighted by Crippen LogP contribution is -2.23. The van der Waals surface area contributed by atoms with Gasteiger partial charge in [0.1, 0.15) is 5.69 Å². The summed E-state index contributed by atoms with van der Waals surface area (Å²) < 4.78 is 1.65. The zero-order valence-corrected chi connectivity index (χ0v) is 19.1. The van der Waals surface area contributed by atoms with Crippen molar-refractivity contribution in [3.05, 3.63) is 84.7 Å². The first-order valence-corrected chi connectivity index (χ1v) is 11.1. The second kappa shape index (κ2) is 8.78. The summed E-state index contributed by atoms with van der Waals surface area (Å²) in [6, 6.07) is 10.6. The van der Waals surface area contributed by atoms with Crippen molar-refractivity contribution >= 4 is 56.6 Å². The molecule has 2 aromatic carbocycles. The van der Waals surface area contributed by atoms with E-state index in [4.69, 9.17) is 23.2 Å². The molecule has 4 aromatic rings. The first-order chi connectivity index (χ1) is 14.9. The van der Waals surface area contributed by atoms with Crippen LogP contribution in [0.2, 0.25) is 10.0 Å². The van der Waals surface area contributed by atoms with E-state index in [1.807, 2.05) is 19.1 Å². The molecule has 158 valence electrons. The first kappa shape index (κ1) is 21.5. The molecule has 0 spiro atoms. The number of fused-ring (bicyclic) bond motifs is 1. The van der Waals surface area contributed by atoms with Gasteiger partial charge in [-0.2, -0.15) is 0 Å². The van der Waals surface area contributed by atoms with Gasteiger partial charge in [0, 0.05) is 29.6 Å². The highest BCUT2D eigenvalue weighted by Crippen LogP contribution is 2.29. The maximum Gasteiger partial charge on any atom is 0.272 e. The lowest BCUT2D eigenvalue weighted by molar-refractivity contribution is 0.102. The molecule has 2 aromatic heterocycles. The average molecular weight is 473 g/mol. The molecule has 6 nitrogen and oxygen atoms in total. The van der Waals surface area contributed by atoms with Gasteiger partial charge in [0.05, 0.1) is 21.1 Å².